The van der Waals surface area contributed by atoms with E-state index in [0.717, 1.165) is 49.5 Å². The quantitative estimate of drug-likeness (QED) is 0.800. The second-order valence-corrected chi connectivity index (χ2v) is 7.50. The van der Waals surface area contributed by atoms with Gasteiger partial charge >= 0.3 is 0 Å². The van der Waals surface area contributed by atoms with Crippen LogP contribution in [0.2, 0.25) is 0 Å². The number of methoxy groups -OCH3 is 1. The van der Waals surface area contributed by atoms with E-state index >= 15 is 0 Å². The first-order chi connectivity index (χ1) is 12.1. The van der Waals surface area contributed by atoms with E-state index < -0.39 is 0 Å². The van der Waals surface area contributed by atoms with Gasteiger partial charge in [0, 0.05) is 49.3 Å². The average molecular weight is 362 g/mol. The maximum Gasteiger partial charge on any atom is 0.223 e. The maximum atomic E-state index is 12.2. The van der Waals surface area contributed by atoms with Crippen LogP contribution in [0.15, 0.2) is 5.38 Å². The molecular weight excluding hydrogens is 336 g/mol. The fourth-order valence-corrected chi connectivity index (χ4v) is 4.07. The lowest BCUT2D eigenvalue weighted by Gasteiger charge is -2.32. The van der Waals surface area contributed by atoms with Gasteiger partial charge in [-0.2, -0.15) is 0 Å². The molecule has 6 nitrogen and oxygen atoms in total. The van der Waals surface area contributed by atoms with E-state index in [1.54, 1.807) is 18.4 Å². The van der Waals surface area contributed by atoms with Crippen molar-refractivity contribution in [1.82, 2.24) is 15.3 Å². The molecule has 25 heavy (non-hydrogen) atoms. The monoisotopic (exact) mass is 362 g/mol. The number of amides is 1. The van der Waals surface area contributed by atoms with Crippen molar-refractivity contribution in [3.8, 4) is 0 Å². The van der Waals surface area contributed by atoms with Gasteiger partial charge in [-0.1, -0.05) is 6.92 Å². The van der Waals surface area contributed by atoms with Gasteiger partial charge in [-0.3, -0.25) is 4.79 Å². The third-order valence-corrected chi connectivity index (χ3v) is 5.65. The predicted octanol–water partition coefficient (Wildman–Crippen LogP) is 2.54. The third kappa shape index (κ3) is 3.93. The molecule has 1 fully saturated rings. The first kappa shape index (κ1) is 18.1. The summed E-state index contributed by atoms with van der Waals surface area (Å²) < 4.78 is 4.98. The summed E-state index contributed by atoms with van der Waals surface area (Å²) in [5, 5.41) is 6.24. The number of aromatic nitrogens is 2. The Morgan fingerprint density at radius 3 is 2.84 bits per heavy atom. The van der Waals surface area contributed by atoms with Crippen molar-refractivity contribution < 1.29 is 9.53 Å². The summed E-state index contributed by atoms with van der Waals surface area (Å²) in [4.78, 5) is 25.3. The molecule has 0 radical (unpaired) electrons. The summed E-state index contributed by atoms with van der Waals surface area (Å²) in [5.41, 5.74) is 1.05. The highest BCUT2D eigenvalue weighted by molar-refractivity contribution is 7.11. The van der Waals surface area contributed by atoms with Crippen LogP contribution in [-0.4, -0.2) is 49.2 Å². The number of fused-ring (bicyclic) bond motifs is 1. The number of nitrogens with zero attached hydrogens (tertiary/aromatic N) is 3. The van der Waals surface area contributed by atoms with Gasteiger partial charge in [-0.25, -0.2) is 9.97 Å². The zero-order valence-corrected chi connectivity index (χ0v) is 16.0. The first-order valence-corrected chi connectivity index (χ1v) is 9.78. The van der Waals surface area contributed by atoms with Gasteiger partial charge in [-0.05, 0) is 19.8 Å². The van der Waals surface area contributed by atoms with Crippen molar-refractivity contribution in [1.29, 1.82) is 0 Å². The second kappa shape index (κ2) is 8.10. The van der Waals surface area contributed by atoms with Gasteiger partial charge in [0.25, 0.3) is 0 Å². The molecule has 0 aliphatic carbocycles. The number of piperidine rings is 1. The Labute approximate surface area is 152 Å². The molecule has 0 saturated carbocycles. The summed E-state index contributed by atoms with van der Waals surface area (Å²) >= 11 is 1.73. The van der Waals surface area contributed by atoms with Gasteiger partial charge in [0.1, 0.15) is 11.6 Å². The Bertz CT molecular complexity index is 738. The van der Waals surface area contributed by atoms with Gasteiger partial charge in [0.2, 0.25) is 5.91 Å². The highest BCUT2D eigenvalue weighted by Gasteiger charge is 2.27. The van der Waals surface area contributed by atoms with E-state index in [9.17, 15) is 4.79 Å². The number of carbonyl (C=O) groups is 1. The number of anilines is 1. The summed E-state index contributed by atoms with van der Waals surface area (Å²) in [6.45, 7) is 7.05. The molecule has 3 rings (SSSR count). The summed E-state index contributed by atoms with van der Waals surface area (Å²) in [5.74, 6) is 2.16. The van der Waals surface area contributed by atoms with Crippen molar-refractivity contribution in [3.05, 3.63) is 16.1 Å². The minimum Gasteiger partial charge on any atom is -0.383 e. The molecule has 1 amide bonds. The molecule has 3 heterocycles. The topological polar surface area (TPSA) is 67.4 Å². The molecule has 1 aliphatic heterocycles. The molecule has 0 bridgehead atoms. The summed E-state index contributed by atoms with van der Waals surface area (Å²) in [7, 11) is 1.64. The van der Waals surface area contributed by atoms with E-state index in [2.05, 4.69) is 34.4 Å². The number of hydrogen-bond acceptors (Lipinski definition) is 6. The molecule has 0 atom stereocenters. The van der Waals surface area contributed by atoms with E-state index in [4.69, 9.17) is 9.72 Å². The van der Waals surface area contributed by atoms with Crippen molar-refractivity contribution >= 4 is 34.0 Å². The number of aryl methyl sites for hydroxylation is 2. The Balaban J connectivity index is 1.72. The fraction of sp³-hybridized carbons (Fsp3) is 0.611. The van der Waals surface area contributed by atoms with Gasteiger partial charge in [0.05, 0.1) is 17.5 Å². The Morgan fingerprint density at radius 2 is 2.16 bits per heavy atom. The Morgan fingerprint density at radius 1 is 1.40 bits per heavy atom. The Hall–Kier alpha value is -1.73. The highest BCUT2D eigenvalue weighted by atomic mass is 32.1. The standard InChI is InChI=1S/C18H26N4O2S/c1-4-15-20-14-11-25-12(2)16(14)17(21-15)22-8-5-13(6-9-22)18(23)19-7-10-24-3/h11,13H,4-10H2,1-3H3,(H,19,23). The van der Waals surface area contributed by atoms with Crippen molar-refractivity contribution in [2.75, 3.05) is 38.3 Å². The van der Waals surface area contributed by atoms with Crippen LogP contribution in [0.5, 0.6) is 0 Å². The van der Waals surface area contributed by atoms with Gasteiger partial charge in [-0.15, -0.1) is 11.3 Å². The van der Waals surface area contributed by atoms with Crippen LogP contribution in [0.1, 0.15) is 30.5 Å². The normalized spacial score (nSPS) is 15.7. The molecule has 0 aromatic carbocycles. The van der Waals surface area contributed by atoms with Crippen LogP contribution in [0.25, 0.3) is 10.9 Å². The number of rotatable bonds is 6. The zero-order valence-electron chi connectivity index (χ0n) is 15.2. The predicted molar refractivity (Wildman–Crippen MR) is 101 cm³/mol. The molecule has 1 aliphatic rings. The van der Waals surface area contributed by atoms with Crippen molar-refractivity contribution in [2.24, 2.45) is 5.92 Å². The minimum absolute atomic E-state index is 0.0830. The molecular formula is C18H26N4O2S. The van der Waals surface area contributed by atoms with Crippen LogP contribution >= 0.6 is 11.3 Å². The lowest BCUT2D eigenvalue weighted by Crippen LogP contribution is -2.41. The molecule has 1 saturated heterocycles. The number of thiophene rings is 1. The van der Waals surface area contributed by atoms with Crippen molar-refractivity contribution in [2.45, 2.75) is 33.1 Å². The zero-order chi connectivity index (χ0) is 17.8. The van der Waals surface area contributed by atoms with Crippen LogP contribution in [0.4, 0.5) is 5.82 Å². The largest absolute Gasteiger partial charge is 0.383 e. The molecule has 0 spiro atoms. The maximum absolute atomic E-state index is 12.2. The number of ether oxygens (including phenoxy) is 1. The fourth-order valence-electron chi connectivity index (χ4n) is 3.30. The minimum atomic E-state index is 0.0830. The second-order valence-electron chi connectivity index (χ2n) is 6.41. The summed E-state index contributed by atoms with van der Waals surface area (Å²) in [6.07, 6.45) is 2.54. The molecule has 0 unspecified atom stereocenters. The molecule has 2 aromatic rings. The third-order valence-electron chi connectivity index (χ3n) is 4.75. The van der Waals surface area contributed by atoms with Gasteiger partial charge in [0.15, 0.2) is 0 Å². The van der Waals surface area contributed by atoms with Crippen LogP contribution in [0.3, 0.4) is 0 Å². The Kier molecular flexibility index (Phi) is 5.86. The van der Waals surface area contributed by atoms with Crippen molar-refractivity contribution in [3.63, 3.8) is 0 Å². The lowest BCUT2D eigenvalue weighted by molar-refractivity contribution is -0.125. The number of hydrogen-bond donors (Lipinski definition) is 1. The van der Waals surface area contributed by atoms with Gasteiger partial charge < -0.3 is 15.0 Å². The van der Waals surface area contributed by atoms with Crippen LogP contribution < -0.4 is 10.2 Å². The molecule has 7 heteroatoms. The molecule has 136 valence electrons. The highest BCUT2D eigenvalue weighted by Crippen LogP contribution is 2.33. The lowest BCUT2D eigenvalue weighted by atomic mass is 9.95. The number of carbonyl (C=O) groups excluding carboxylic acids is 1. The molecule has 1 N–H and O–H groups in total. The summed E-state index contributed by atoms with van der Waals surface area (Å²) in [6, 6.07) is 0. The SMILES string of the molecule is CCc1nc(N2CCC(C(=O)NCCOC)CC2)c2c(C)scc2n1. The number of nitrogens with one attached hydrogen (secondary N) is 1. The van der Waals surface area contributed by atoms with E-state index in [-0.39, 0.29) is 11.8 Å². The smallest absolute Gasteiger partial charge is 0.223 e. The molecule has 2 aromatic heterocycles. The van der Waals surface area contributed by atoms with Crippen LogP contribution in [0, 0.1) is 12.8 Å². The van der Waals surface area contributed by atoms with E-state index in [1.165, 1.54) is 10.3 Å². The average Bonchev–Trinajstić information content (AvgIpc) is 3.02. The van der Waals surface area contributed by atoms with Crippen LogP contribution in [-0.2, 0) is 16.0 Å². The first-order valence-electron chi connectivity index (χ1n) is 8.90. The van der Waals surface area contributed by atoms with E-state index in [1.807, 2.05) is 0 Å². The van der Waals surface area contributed by atoms with E-state index in [0.29, 0.717) is 13.2 Å².